The molecule has 0 radical (unpaired) electrons. The van der Waals surface area contributed by atoms with Crippen molar-refractivity contribution >= 4 is 17.5 Å². The van der Waals surface area contributed by atoms with Crippen LogP contribution in [0.5, 0.6) is 0 Å². The Bertz CT molecular complexity index is 1030. The van der Waals surface area contributed by atoms with Gasteiger partial charge in [0.25, 0.3) is 11.8 Å². The summed E-state index contributed by atoms with van der Waals surface area (Å²) in [6, 6.07) is 16.8. The number of hydrogen-bond acceptors (Lipinski definition) is 3. The first-order valence-electron chi connectivity index (χ1n) is 9.11. The average Bonchev–Trinajstić information content (AvgIpc) is 2.68. The molecule has 2 aromatic carbocycles. The van der Waals surface area contributed by atoms with E-state index in [2.05, 4.69) is 15.6 Å². The molecule has 0 aliphatic rings. The Labute approximate surface area is 164 Å². The van der Waals surface area contributed by atoms with Gasteiger partial charge in [0.1, 0.15) is 5.69 Å². The van der Waals surface area contributed by atoms with Crippen LogP contribution in [0.1, 0.15) is 43.1 Å². The highest BCUT2D eigenvalue weighted by Crippen LogP contribution is 2.17. The first-order chi connectivity index (χ1) is 13.4. The zero-order chi connectivity index (χ0) is 20.1. The third kappa shape index (κ3) is 4.82. The highest BCUT2D eigenvalue weighted by Gasteiger charge is 2.13. The van der Waals surface area contributed by atoms with Crippen molar-refractivity contribution in [3.8, 4) is 0 Å². The van der Waals surface area contributed by atoms with E-state index in [0.29, 0.717) is 12.1 Å². The number of nitrogens with zero attached hydrogens (tertiary/aromatic N) is 1. The maximum atomic E-state index is 12.6. The number of nitrogens with one attached hydrogen (secondary N) is 2. The minimum absolute atomic E-state index is 0.209. The van der Waals surface area contributed by atoms with Gasteiger partial charge in [0.15, 0.2) is 0 Å². The molecule has 5 heteroatoms. The number of aromatic nitrogens is 1. The molecule has 28 heavy (non-hydrogen) atoms. The quantitative estimate of drug-likeness (QED) is 0.704. The number of amides is 2. The predicted octanol–water partition coefficient (Wildman–Crippen LogP) is 4.19. The maximum Gasteiger partial charge on any atom is 0.270 e. The summed E-state index contributed by atoms with van der Waals surface area (Å²) in [5.41, 5.74) is 5.60. The lowest BCUT2D eigenvalue weighted by Crippen LogP contribution is -2.24. The summed E-state index contributed by atoms with van der Waals surface area (Å²) < 4.78 is 0. The van der Waals surface area contributed by atoms with Gasteiger partial charge in [-0.1, -0.05) is 47.5 Å². The van der Waals surface area contributed by atoms with Crippen LogP contribution in [0.2, 0.25) is 0 Å². The Kier molecular flexibility index (Phi) is 5.84. The van der Waals surface area contributed by atoms with Crippen molar-refractivity contribution in [1.29, 1.82) is 0 Å². The van der Waals surface area contributed by atoms with Gasteiger partial charge in [-0.05, 0) is 50.1 Å². The molecule has 0 saturated heterocycles. The van der Waals surface area contributed by atoms with Crippen LogP contribution in [0.15, 0.2) is 60.8 Å². The molecule has 0 aliphatic carbocycles. The summed E-state index contributed by atoms with van der Waals surface area (Å²) in [5, 5.41) is 5.73. The zero-order valence-corrected chi connectivity index (χ0v) is 16.2. The van der Waals surface area contributed by atoms with Crippen LogP contribution in [-0.2, 0) is 6.54 Å². The first-order valence-corrected chi connectivity index (χ1v) is 9.11. The number of anilines is 1. The number of benzene rings is 2. The second kappa shape index (κ2) is 8.48. The summed E-state index contributed by atoms with van der Waals surface area (Å²) in [7, 11) is 0. The molecular formula is C23H23N3O2. The number of carbonyl (C=O) groups is 2. The fourth-order valence-corrected chi connectivity index (χ4v) is 2.94. The first kappa shape index (κ1) is 19.3. The number of pyridine rings is 1. The second-order valence-corrected chi connectivity index (χ2v) is 6.87. The van der Waals surface area contributed by atoms with Gasteiger partial charge in [0, 0.05) is 24.0 Å². The molecule has 2 amide bonds. The molecule has 1 aromatic heterocycles. The third-order valence-electron chi connectivity index (χ3n) is 4.42. The van der Waals surface area contributed by atoms with E-state index < -0.39 is 0 Å². The fraction of sp³-hybridized carbons (Fsp3) is 0.174. The van der Waals surface area contributed by atoms with Crippen molar-refractivity contribution in [2.75, 3.05) is 5.32 Å². The Morgan fingerprint density at radius 3 is 2.43 bits per heavy atom. The predicted molar refractivity (Wildman–Crippen MR) is 110 cm³/mol. The van der Waals surface area contributed by atoms with Crippen molar-refractivity contribution in [3.05, 3.63) is 94.3 Å². The fourth-order valence-electron chi connectivity index (χ4n) is 2.94. The van der Waals surface area contributed by atoms with E-state index in [1.54, 1.807) is 6.07 Å². The second-order valence-electron chi connectivity index (χ2n) is 6.87. The SMILES string of the molecule is Cc1cccc(CNC(=O)c2cc(C(=O)Nc3ccc(C)cc3C)ccn2)c1. The van der Waals surface area contributed by atoms with Gasteiger partial charge >= 0.3 is 0 Å². The van der Waals surface area contributed by atoms with Crippen LogP contribution in [0.3, 0.4) is 0 Å². The van der Waals surface area contributed by atoms with Gasteiger partial charge in [-0.2, -0.15) is 0 Å². The van der Waals surface area contributed by atoms with E-state index in [1.165, 1.54) is 12.3 Å². The highest BCUT2D eigenvalue weighted by molar-refractivity contribution is 6.06. The minimum atomic E-state index is -0.317. The van der Waals surface area contributed by atoms with Gasteiger partial charge in [0.2, 0.25) is 0 Å². The van der Waals surface area contributed by atoms with Crippen molar-refractivity contribution in [2.45, 2.75) is 27.3 Å². The van der Waals surface area contributed by atoms with Crippen molar-refractivity contribution in [1.82, 2.24) is 10.3 Å². The molecule has 1 heterocycles. The lowest BCUT2D eigenvalue weighted by Gasteiger charge is -2.10. The van der Waals surface area contributed by atoms with Crippen LogP contribution in [0.25, 0.3) is 0 Å². The van der Waals surface area contributed by atoms with E-state index >= 15 is 0 Å². The topological polar surface area (TPSA) is 71.1 Å². The summed E-state index contributed by atoms with van der Waals surface area (Å²) in [4.78, 5) is 29.1. The maximum absolute atomic E-state index is 12.6. The number of rotatable bonds is 5. The molecule has 3 rings (SSSR count). The number of aryl methyl sites for hydroxylation is 3. The summed E-state index contributed by atoms with van der Waals surface area (Å²) >= 11 is 0. The van der Waals surface area contributed by atoms with Gasteiger partial charge < -0.3 is 10.6 Å². The molecule has 2 N–H and O–H groups in total. The smallest absolute Gasteiger partial charge is 0.270 e. The molecule has 3 aromatic rings. The molecule has 0 aliphatic heterocycles. The average molecular weight is 373 g/mol. The van der Waals surface area contributed by atoms with Gasteiger partial charge in [-0.15, -0.1) is 0 Å². The van der Waals surface area contributed by atoms with Crippen molar-refractivity contribution < 1.29 is 9.59 Å². The molecule has 5 nitrogen and oxygen atoms in total. The molecule has 142 valence electrons. The lowest BCUT2D eigenvalue weighted by molar-refractivity contribution is 0.0946. The Hall–Kier alpha value is -3.47. The van der Waals surface area contributed by atoms with E-state index in [4.69, 9.17) is 0 Å². The zero-order valence-electron chi connectivity index (χ0n) is 16.2. The Morgan fingerprint density at radius 2 is 1.68 bits per heavy atom. The van der Waals surface area contributed by atoms with E-state index in [9.17, 15) is 9.59 Å². The van der Waals surface area contributed by atoms with E-state index in [1.807, 2.05) is 63.2 Å². The molecule has 0 unspecified atom stereocenters. The van der Waals surface area contributed by atoms with Gasteiger partial charge in [-0.3, -0.25) is 14.6 Å². The summed E-state index contributed by atoms with van der Waals surface area (Å²) in [6.45, 7) is 6.36. The van der Waals surface area contributed by atoms with Crippen LogP contribution in [0, 0.1) is 20.8 Å². The number of carbonyl (C=O) groups excluding carboxylic acids is 2. The van der Waals surface area contributed by atoms with E-state index in [0.717, 1.165) is 27.9 Å². The van der Waals surface area contributed by atoms with Crippen LogP contribution >= 0.6 is 0 Å². The van der Waals surface area contributed by atoms with Gasteiger partial charge in [-0.25, -0.2) is 0 Å². The molecular weight excluding hydrogens is 350 g/mol. The van der Waals surface area contributed by atoms with E-state index in [-0.39, 0.29) is 17.5 Å². The van der Waals surface area contributed by atoms with Crippen molar-refractivity contribution in [3.63, 3.8) is 0 Å². The minimum Gasteiger partial charge on any atom is -0.347 e. The van der Waals surface area contributed by atoms with Crippen molar-refractivity contribution in [2.24, 2.45) is 0 Å². The normalized spacial score (nSPS) is 10.4. The largest absolute Gasteiger partial charge is 0.347 e. The summed E-state index contributed by atoms with van der Waals surface area (Å²) in [6.07, 6.45) is 1.47. The molecule has 0 fully saturated rings. The highest BCUT2D eigenvalue weighted by atomic mass is 16.2. The molecule has 0 bridgehead atoms. The van der Waals surface area contributed by atoms with Gasteiger partial charge in [0.05, 0.1) is 0 Å². The molecule has 0 atom stereocenters. The molecule has 0 saturated carbocycles. The number of hydrogen-bond donors (Lipinski definition) is 2. The van der Waals surface area contributed by atoms with Crippen LogP contribution < -0.4 is 10.6 Å². The molecule has 0 spiro atoms. The monoisotopic (exact) mass is 373 g/mol. The Balaban J connectivity index is 1.68. The third-order valence-corrected chi connectivity index (χ3v) is 4.42. The Morgan fingerprint density at radius 1 is 0.893 bits per heavy atom. The van der Waals surface area contributed by atoms with Crippen LogP contribution in [0.4, 0.5) is 5.69 Å². The summed E-state index contributed by atoms with van der Waals surface area (Å²) in [5.74, 6) is -0.593. The van der Waals surface area contributed by atoms with Crippen LogP contribution in [-0.4, -0.2) is 16.8 Å². The standard InChI is InChI=1S/C23H23N3O2/c1-15-5-4-6-18(12-15)14-25-23(28)21-13-19(9-10-24-21)22(27)26-20-8-7-16(2)11-17(20)3/h4-13H,14H2,1-3H3,(H,25,28)(H,26,27). The lowest BCUT2D eigenvalue weighted by atomic mass is 10.1.